The highest BCUT2D eigenvalue weighted by molar-refractivity contribution is 6.33. The van der Waals surface area contributed by atoms with Crippen LogP contribution in [0.4, 0.5) is 5.82 Å². The summed E-state index contributed by atoms with van der Waals surface area (Å²) in [5.74, 6) is 0.0204. The number of carbonyl (C=O) groups is 1. The van der Waals surface area contributed by atoms with Crippen LogP contribution in [0.2, 0.25) is 5.02 Å². The fraction of sp³-hybridized carbons (Fsp3) is 0.500. The van der Waals surface area contributed by atoms with Gasteiger partial charge in [0.15, 0.2) is 0 Å². The predicted octanol–water partition coefficient (Wildman–Crippen LogP) is 1.62. The Morgan fingerprint density at radius 3 is 2.94 bits per heavy atom. The molecule has 0 spiro atoms. The molecule has 1 aliphatic carbocycles. The number of halogens is 1. The van der Waals surface area contributed by atoms with Gasteiger partial charge in [-0.25, -0.2) is 4.98 Å². The van der Waals surface area contributed by atoms with Gasteiger partial charge in [0.25, 0.3) is 5.91 Å². The fourth-order valence-corrected chi connectivity index (χ4v) is 2.18. The number of nitrogen functional groups attached to an aromatic ring is 1. The van der Waals surface area contributed by atoms with Crippen molar-refractivity contribution in [1.82, 2.24) is 10.3 Å². The number of rotatable bonds is 4. The monoisotopic (exact) mass is 269 g/mol. The number of anilines is 1. The van der Waals surface area contributed by atoms with Gasteiger partial charge in [-0.1, -0.05) is 11.6 Å². The lowest BCUT2D eigenvalue weighted by atomic mass is 9.80. The quantitative estimate of drug-likeness (QED) is 0.871. The minimum absolute atomic E-state index is 0.208. The summed E-state index contributed by atoms with van der Waals surface area (Å²) in [6.45, 7) is 0.487. The normalized spacial score (nSPS) is 17.0. The van der Waals surface area contributed by atoms with Gasteiger partial charge in [0.05, 0.1) is 16.2 Å². The zero-order chi connectivity index (χ0) is 13.2. The highest BCUT2D eigenvalue weighted by atomic mass is 35.5. The molecule has 5 nitrogen and oxygen atoms in total. The Morgan fingerprint density at radius 2 is 2.39 bits per heavy atom. The smallest absolute Gasteiger partial charge is 0.253 e. The molecule has 1 saturated carbocycles. The highest BCUT2D eigenvalue weighted by Crippen LogP contribution is 2.34. The van der Waals surface area contributed by atoms with Crippen molar-refractivity contribution < 1.29 is 9.53 Å². The van der Waals surface area contributed by atoms with Gasteiger partial charge in [0.2, 0.25) is 0 Å². The second-order valence-corrected chi connectivity index (χ2v) is 4.92. The molecule has 98 valence electrons. The van der Waals surface area contributed by atoms with Crippen molar-refractivity contribution in [1.29, 1.82) is 0 Å². The molecule has 1 aromatic heterocycles. The molecule has 3 N–H and O–H groups in total. The molecule has 0 atom stereocenters. The Labute approximate surface area is 111 Å². The van der Waals surface area contributed by atoms with E-state index in [-0.39, 0.29) is 17.3 Å². The van der Waals surface area contributed by atoms with E-state index in [1.165, 1.54) is 12.3 Å². The first-order valence-electron chi connectivity index (χ1n) is 5.81. The Hall–Kier alpha value is -1.33. The average Bonchev–Trinajstić information content (AvgIpc) is 2.31. The molecule has 1 fully saturated rings. The lowest BCUT2D eigenvalue weighted by Gasteiger charge is -2.40. The van der Waals surface area contributed by atoms with E-state index in [0.29, 0.717) is 17.1 Å². The first-order valence-corrected chi connectivity index (χ1v) is 6.18. The van der Waals surface area contributed by atoms with Crippen molar-refractivity contribution in [2.24, 2.45) is 0 Å². The summed E-state index contributed by atoms with van der Waals surface area (Å²) in [5, 5.41) is 3.12. The minimum atomic E-state index is -0.252. The van der Waals surface area contributed by atoms with Crippen LogP contribution in [0.3, 0.4) is 0 Å². The minimum Gasteiger partial charge on any atom is -0.384 e. The van der Waals surface area contributed by atoms with E-state index < -0.39 is 0 Å². The molecular formula is C12H16ClN3O2. The first-order chi connectivity index (χ1) is 8.56. The number of carbonyl (C=O) groups excluding carboxylic acids is 1. The molecule has 1 amide bonds. The molecule has 0 aliphatic heterocycles. The SMILES string of the molecule is COC1(CNC(=O)c2cc(N)ncc2Cl)CCC1. The van der Waals surface area contributed by atoms with Gasteiger partial charge in [-0.2, -0.15) is 0 Å². The van der Waals surface area contributed by atoms with Gasteiger partial charge in [-0.15, -0.1) is 0 Å². The van der Waals surface area contributed by atoms with Crippen molar-refractivity contribution >= 4 is 23.3 Å². The fourth-order valence-electron chi connectivity index (χ4n) is 1.99. The number of methoxy groups -OCH3 is 1. The van der Waals surface area contributed by atoms with Crippen LogP contribution in [-0.4, -0.2) is 30.1 Å². The lowest BCUT2D eigenvalue weighted by molar-refractivity contribution is -0.0679. The average molecular weight is 270 g/mol. The van der Waals surface area contributed by atoms with Crippen molar-refractivity contribution in [2.45, 2.75) is 24.9 Å². The molecule has 6 heteroatoms. The van der Waals surface area contributed by atoms with Crippen LogP contribution >= 0.6 is 11.6 Å². The zero-order valence-electron chi connectivity index (χ0n) is 10.2. The van der Waals surface area contributed by atoms with Crippen LogP contribution in [0.1, 0.15) is 29.6 Å². The first kappa shape index (κ1) is 13.1. The molecule has 0 saturated heterocycles. The zero-order valence-corrected chi connectivity index (χ0v) is 11.0. The Kier molecular flexibility index (Phi) is 3.73. The topological polar surface area (TPSA) is 77.2 Å². The van der Waals surface area contributed by atoms with Gasteiger partial charge in [0.1, 0.15) is 5.82 Å². The van der Waals surface area contributed by atoms with E-state index in [2.05, 4.69) is 10.3 Å². The summed E-state index contributed by atoms with van der Waals surface area (Å²) in [6.07, 6.45) is 4.44. The van der Waals surface area contributed by atoms with E-state index in [1.54, 1.807) is 7.11 Å². The number of nitrogens with one attached hydrogen (secondary N) is 1. The van der Waals surface area contributed by atoms with Crippen LogP contribution in [0.15, 0.2) is 12.3 Å². The van der Waals surface area contributed by atoms with E-state index in [9.17, 15) is 4.79 Å². The van der Waals surface area contributed by atoms with Crippen molar-refractivity contribution in [2.75, 3.05) is 19.4 Å². The number of pyridine rings is 1. The third-order valence-corrected chi connectivity index (χ3v) is 3.69. The highest BCUT2D eigenvalue weighted by Gasteiger charge is 2.37. The van der Waals surface area contributed by atoms with Crippen LogP contribution in [-0.2, 0) is 4.74 Å². The summed E-state index contributed by atoms with van der Waals surface area (Å²) in [6, 6.07) is 1.47. The van der Waals surface area contributed by atoms with E-state index in [4.69, 9.17) is 22.1 Å². The summed E-state index contributed by atoms with van der Waals surface area (Å²) in [5.41, 5.74) is 5.67. The lowest BCUT2D eigenvalue weighted by Crippen LogP contribution is -2.49. The van der Waals surface area contributed by atoms with E-state index >= 15 is 0 Å². The second-order valence-electron chi connectivity index (χ2n) is 4.51. The third-order valence-electron chi connectivity index (χ3n) is 3.39. The molecule has 1 aliphatic rings. The van der Waals surface area contributed by atoms with E-state index in [1.807, 2.05) is 0 Å². The number of aromatic nitrogens is 1. The molecule has 0 aromatic carbocycles. The summed E-state index contributed by atoms with van der Waals surface area (Å²) < 4.78 is 5.43. The maximum Gasteiger partial charge on any atom is 0.253 e. The van der Waals surface area contributed by atoms with Gasteiger partial charge >= 0.3 is 0 Å². The van der Waals surface area contributed by atoms with Gasteiger partial charge < -0.3 is 15.8 Å². The van der Waals surface area contributed by atoms with Crippen LogP contribution in [0, 0.1) is 0 Å². The number of hydrogen-bond acceptors (Lipinski definition) is 4. The van der Waals surface area contributed by atoms with Crippen molar-refractivity contribution in [3.05, 3.63) is 22.8 Å². The number of nitrogens with two attached hydrogens (primary N) is 1. The largest absolute Gasteiger partial charge is 0.384 e. The van der Waals surface area contributed by atoms with Gasteiger partial charge in [-0.05, 0) is 25.3 Å². The summed E-state index contributed by atoms with van der Waals surface area (Å²) in [7, 11) is 1.67. The number of amides is 1. The standard InChI is InChI=1S/C12H16ClN3O2/c1-18-12(3-2-4-12)7-16-11(17)8-5-10(14)15-6-9(8)13/h5-6H,2-4,7H2,1H3,(H2,14,15)(H,16,17). The van der Waals surface area contributed by atoms with Crippen molar-refractivity contribution in [3.63, 3.8) is 0 Å². The van der Waals surface area contributed by atoms with Gasteiger partial charge in [-0.3, -0.25) is 4.79 Å². The van der Waals surface area contributed by atoms with Crippen LogP contribution in [0.5, 0.6) is 0 Å². The Balaban J connectivity index is 2.01. The van der Waals surface area contributed by atoms with Crippen LogP contribution < -0.4 is 11.1 Å². The van der Waals surface area contributed by atoms with Crippen LogP contribution in [0.25, 0.3) is 0 Å². The molecule has 0 radical (unpaired) electrons. The van der Waals surface area contributed by atoms with E-state index in [0.717, 1.165) is 19.3 Å². The maximum atomic E-state index is 12.0. The molecule has 1 heterocycles. The number of hydrogen-bond donors (Lipinski definition) is 2. The molecule has 1 aromatic rings. The molecular weight excluding hydrogens is 254 g/mol. The Morgan fingerprint density at radius 1 is 1.67 bits per heavy atom. The van der Waals surface area contributed by atoms with Gasteiger partial charge in [0, 0.05) is 19.9 Å². The molecule has 0 bridgehead atoms. The summed E-state index contributed by atoms with van der Waals surface area (Å²) in [4.78, 5) is 15.8. The predicted molar refractivity (Wildman–Crippen MR) is 69.6 cm³/mol. The Bertz CT molecular complexity index is 455. The maximum absolute atomic E-state index is 12.0. The number of nitrogens with zero attached hydrogens (tertiary/aromatic N) is 1. The summed E-state index contributed by atoms with van der Waals surface area (Å²) >= 11 is 5.91. The molecule has 0 unspecified atom stereocenters. The molecule has 18 heavy (non-hydrogen) atoms. The number of ether oxygens (including phenoxy) is 1. The molecule has 2 rings (SSSR count). The third kappa shape index (κ3) is 2.57. The second kappa shape index (κ2) is 5.12. The van der Waals surface area contributed by atoms with Crippen molar-refractivity contribution in [3.8, 4) is 0 Å².